The van der Waals surface area contributed by atoms with E-state index >= 15 is 0 Å². The standard InChI is InChI=1S/C15H13NO2/c17-15(18)11-6-7-13-12(8-11)9-14(16-13)10-4-2-1-3-5-10/h1-9,15-18H. The van der Waals surface area contributed by atoms with Gasteiger partial charge in [0.05, 0.1) is 0 Å². The number of fused-ring (bicyclic) bond motifs is 1. The van der Waals surface area contributed by atoms with Gasteiger partial charge < -0.3 is 15.2 Å². The Hall–Kier alpha value is -2.10. The van der Waals surface area contributed by atoms with Gasteiger partial charge in [0.15, 0.2) is 6.29 Å². The summed E-state index contributed by atoms with van der Waals surface area (Å²) in [5.74, 6) is 0. The zero-order chi connectivity index (χ0) is 12.5. The highest BCUT2D eigenvalue weighted by Gasteiger charge is 2.06. The first-order valence-corrected chi connectivity index (χ1v) is 5.78. The summed E-state index contributed by atoms with van der Waals surface area (Å²) in [4.78, 5) is 3.31. The average Bonchev–Trinajstić information content (AvgIpc) is 2.82. The minimum absolute atomic E-state index is 0.501. The maximum atomic E-state index is 9.15. The molecule has 1 aromatic heterocycles. The lowest BCUT2D eigenvalue weighted by Crippen LogP contribution is -1.93. The molecule has 0 aliphatic rings. The number of hydrogen-bond donors (Lipinski definition) is 3. The first kappa shape index (κ1) is 11.0. The quantitative estimate of drug-likeness (QED) is 0.602. The average molecular weight is 239 g/mol. The highest BCUT2D eigenvalue weighted by atomic mass is 16.5. The Balaban J connectivity index is 2.11. The van der Waals surface area contributed by atoms with Crippen molar-refractivity contribution in [2.75, 3.05) is 0 Å². The van der Waals surface area contributed by atoms with Crippen LogP contribution < -0.4 is 0 Å². The van der Waals surface area contributed by atoms with E-state index in [9.17, 15) is 0 Å². The molecule has 0 fully saturated rings. The Kier molecular flexibility index (Phi) is 2.63. The SMILES string of the molecule is OC(O)c1ccc2[nH]c(-c3ccccc3)cc2c1. The number of nitrogens with one attached hydrogen (secondary N) is 1. The summed E-state index contributed by atoms with van der Waals surface area (Å²) in [6.07, 6.45) is -1.43. The van der Waals surface area contributed by atoms with Crippen molar-refractivity contribution in [2.45, 2.75) is 6.29 Å². The molecule has 3 nitrogen and oxygen atoms in total. The maximum absolute atomic E-state index is 9.15. The van der Waals surface area contributed by atoms with Gasteiger partial charge in [-0.25, -0.2) is 0 Å². The molecule has 3 aromatic rings. The van der Waals surface area contributed by atoms with Crippen LogP contribution in [0.1, 0.15) is 11.9 Å². The molecule has 0 aliphatic carbocycles. The molecular weight excluding hydrogens is 226 g/mol. The molecule has 0 unspecified atom stereocenters. The molecule has 0 atom stereocenters. The van der Waals surface area contributed by atoms with Crippen LogP contribution in [0.25, 0.3) is 22.2 Å². The lowest BCUT2D eigenvalue weighted by atomic mass is 10.1. The molecule has 0 amide bonds. The highest BCUT2D eigenvalue weighted by Crippen LogP contribution is 2.25. The Bertz CT molecular complexity index is 671. The van der Waals surface area contributed by atoms with E-state index in [-0.39, 0.29) is 0 Å². The monoisotopic (exact) mass is 239 g/mol. The van der Waals surface area contributed by atoms with Gasteiger partial charge in [0.2, 0.25) is 0 Å². The van der Waals surface area contributed by atoms with Gasteiger partial charge in [0.25, 0.3) is 0 Å². The van der Waals surface area contributed by atoms with Crippen molar-refractivity contribution in [3.8, 4) is 11.3 Å². The fourth-order valence-electron chi connectivity index (χ4n) is 2.08. The van der Waals surface area contributed by atoms with Gasteiger partial charge in [-0.1, -0.05) is 36.4 Å². The van der Waals surface area contributed by atoms with Crippen molar-refractivity contribution in [1.82, 2.24) is 4.98 Å². The van der Waals surface area contributed by atoms with Gasteiger partial charge in [-0.2, -0.15) is 0 Å². The number of aliphatic hydroxyl groups is 2. The molecular formula is C15H13NO2. The summed E-state index contributed by atoms with van der Waals surface area (Å²) in [5.41, 5.74) is 3.62. The number of aliphatic hydroxyl groups excluding tert-OH is 1. The minimum Gasteiger partial charge on any atom is -0.364 e. The second kappa shape index (κ2) is 4.29. The van der Waals surface area contributed by atoms with Crippen molar-refractivity contribution < 1.29 is 10.2 Å². The van der Waals surface area contributed by atoms with Gasteiger partial charge in [0.1, 0.15) is 0 Å². The lowest BCUT2D eigenvalue weighted by Gasteiger charge is -2.02. The summed E-state index contributed by atoms with van der Waals surface area (Å²) in [5, 5.41) is 19.3. The van der Waals surface area contributed by atoms with E-state index in [1.54, 1.807) is 12.1 Å². The fraction of sp³-hybridized carbons (Fsp3) is 0.0667. The first-order valence-electron chi connectivity index (χ1n) is 5.78. The number of aromatic amines is 1. The van der Waals surface area contributed by atoms with E-state index in [4.69, 9.17) is 10.2 Å². The maximum Gasteiger partial charge on any atom is 0.178 e. The van der Waals surface area contributed by atoms with Crippen molar-refractivity contribution in [1.29, 1.82) is 0 Å². The summed E-state index contributed by atoms with van der Waals surface area (Å²) in [7, 11) is 0. The molecule has 0 spiro atoms. The summed E-state index contributed by atoms with van der Waals surface area (Å²) in [6.45, 7) is 0. The van der Waals surface area contributed by atoms with Crippen LogP contribution in [0.2, 0.25) is 0 Å². The van der Waals surface area contributed by atoms with Crippen molar-refractivity contribution in [3.05, 3.63) is 60.2 Å². The number of aromatic nitrogens is 1. The predicted molar refractivity (Wildman–Crippen MR) is 70.9 cm³/mol. The van der Waals surface area contributed by atoms with Gasteiger partial charge in [-0.05, 0) is 23.8 Å². The van der Waals surface area contributed by atoms with Crippen LogP contribution in [0.3, 0.4) is 0 Å². The van der Waals surface area contributed by atoms with Crippen LogP contribution in [-0.4, -0.2) is 15.2 Å². The molecule has 0 saturated carbocycles. The van der Waals surface area contributed by atoms with E-state index < -0.39 is 6.29 Å². The Morgan fingerprint density at radius 2 is 1.67 bits per heavy atom. The summed E-state index contributed by atoms with van der Waals surface area (Å²) < 4.78 is 0. The third-order valence-electron chi connectivity index (χ3n) is 3.03. The Labute approximate surface area is 104 Å². The van der Waals surface area contributed by atoms with Gasteiger partial charge in [-0.3, -0.25) is 0 Å². The zero-order valence-corrected chi connectivity index (χ0v) is 9.67. The van der Waals surface area contributed by atoms with E-state index in [0.717, 1.165) is 22.2 Å². The van der Waals surface area contributed by atoms with Crippen LogP contribution >= 0.6 is 0 Å². The number of benzene rings is 2. The van der Waals surface area contributed by atoms with Crippen LogP contribution in [-0.2, 0) is 0 Å². The molecule has 18 heavy (non-hydrogen) atoms. The van der Waals surface area contributed by atoms with E-state index in [0.29, 0.717) is 5.56 Å². The molecule has 3 N–H and O–H groups in total. The topological polar surface area (TPSA) is 56.2 Å². The smallest absolute Gasteiger partial charge is 0.178 e. The molecule has 0 bridgehead atoms. The van der Waals surface area contributed by atoms with Crippen LogP contribution in [0.5, 0.6) is 0 Å². The van der Waals surface area contributed by atoms with E-state index in [1.165, 1.54) is 0 Å². The summed E-state index contributed by atoms with van der Waals surface area (Å²) >= 11 is 0. The molecule has 3 rings (SSSR count). The van der Waals surface area contributed by atoms with Gasteiger partial charge in [-0.15, -0.1) is 0 Å². The molecule has 0 aliphatic heterocycles. The van der Waals surface area contributed by atoms with Crippen LogP contribution in [0.4, 0.5) is 0 Å². The molecule has 3 heteroatoms. The second-order valence-corrected chi connectivity index (χ2v) is 4.27. The normalized spacial score (nSPS) is 11.3. The highest BCUT2D eigenvalue weighted by molar-refractivity contribution is 5.86. The lowest BCUT2D eigenvalue weighted by molar-refractivity contribution is -0.0423. The van der Waals surface area contributed by atoms with Crippen molar-refractivity contribution in [2.24, 2.45) is 0 Å². The van der Waals surface area contributed by atoms with E-state index in [1.807, 2.05) is 42.5 Å². The largest absolute Gasteiger partial charge is 0.364 e. The molecule has 90 valence electrons. The van der Waals surface area contributed by atoms with Gasteiger partial charge in [0, 0.05) is 22.2 Å². The third-order valence-corrected chi connectivity index (χ3v) is 3.03. The number of hydrogen-bond acceptors (Lipinski definition) is 2. The molecule has 2 aromatic carbocycles. The number of H-pyrrole nitrogens is 1. The Morgan fingerprint density at radius 3 is 2.39 bits per heavy atom. The number of rotatable bonds is 2. The zero-order valence-electron chi connectivity index (χ0n) is 9.67. The van der Waals surface area contributed by atoms with Crippen molar-refractivity contribution >= 4 is 10.9 Å². The third kappa shape index (κ3) is 1.90. The first-order chi connectivity index (χ1) is 8.74. The second-order valence-electron chi connectivity index (χ2n) is 4.27. The molecule has 0 saturated heterocycles. The Morgan fingerprint density at radius 1 is 0.889 bits per heavy atom. The van der Waals surface area contributed by atoms with Crippen LogP contribution in [0.15, 0.2) is 54.6 Å². The molecule has 0 radical (unpaired) electrons. The molecule has 1 heterocycles. The minimum atomic E-state index is -1.43. The fourth-order valence-corrected chi connectivity index (χ4v) is 2.08. The van der Waals surface area contributed by atoms with E-state index in [2.05, 4.69) is 4.98 Å². The van der Waals surface area contributed by atoms with Gasteiger partial charge >= 0.3 is 0 Å². The predicted octanol–water partition coefficient (Wildman–Crippen LogP) is 2.82. The van der Waals surface area contributed by atoms with Crippen molar-refractivity contribution in [3.63, 3.8) is 0 Å². The van der Waals surface area contributed by atoms with Crippen LogP contribution in [0, 0.1) is 0 Å². The summed E-state index contributed by atoms with van der Waals surface area (Å²) in [6, 6.07) is 17.4.